The zero-order valence-corrected chi connectivity index (χ0v) is 19.2. The summed E-state index contributed by atoms with van der Waals surface area (Å²) >= 11 is 0. The Labute approximate surface area is 189 Å². The van der Waals surface area contributed by atoms with Crippen LogP contribution in [0.2, 0.25) is 0 Å². The zero-order chi connectivity index (χ0) is 24.3. The minimum absolute atomic E-state index is 0.0363. The first kappa shape index (κ1) is 23.9. The topological polar surface area (TPSA) is 147 Å². The summed E-state index contributed by atoms with van der Waals surface area (Å²) < 4.78 is 37.3. The number of nitrogens with zero attached hydrogens (tertiary/aromatic N) is 3. The van der Waals surface area contributed by atoms with Crippen molar-refractivity contribution < 1.29 is 37.3 Å². The van der Waals surface area contributed by atoms with Crippen LogP contribution in [0.1, 0.15) is 34.6 Å². The summed E-state index contributed by atoms with van der Waals surface area (Å²) in [6.45, 7) is 7.32. The van der Waals surface area contributed by atoms with Crippen molar-refractivity contribution in [3.8, 4) is 17.1 Å². The maximum Gasteiger partial charge on any atom is 0.376 e. The Hall–Kier alpha value is -3.71. The van der Waals surface area contributed by atoms with Crippen LogP contribution in [0.15, 0.2) is 18.2 Å². The van der Waals surface area contributed by atoms with Crippen LogP contribution in [0, 0.1) is 0 Å². The van der Waals surface area contributed by atoms with Crippen LogP contribution in [-0.4, -0.2) is 61.5 Å². The number of rotatable bonds is 9. The van der Waals surface area contributed by atoms with Crippen molar-refractivity contribution in [1.82, 2.24) is 14.6 Å². The lowest BCUT2D eigenvalue weighted by atomic mass is 10.1. The van der Waals surface area contributed by atoms with Crippen LogP contribution in [0.3, 0.4) is 0 Å². The van der Waals surface area contributed by atoms with Crippen molar-refractivity contribution in [3.63, 3.8) is 0 Å². The molecule has 0 aliphatic heterocycles. The average Bonchev–Trinajstić information content (AvgIpc) is 3.30. The number of fused-ring (bicyclic) bond motifs is 1. The smallest absolute Gasteiger partial charge is 0.376 e. The van der Waals surface area contributed by atoms with Crippen molar-refractivity contribution >= 4 is 39.9 Å². The number of ether oxygens (including phenoxy) is 2. The normalized spacial score (nSPS) is 11.4. The number of methoxy groups -OCH3 is 1. The van der Waals surface area contributed by atoms with Crippen LogP contribution in [0.25, 0.3) is 23.6 Å². The van der Waals surface area contributed by atoms with E-state index in [2.05, 4.69) is 21.5 Å². The Morgan fingerprint density at radius 3 is 2.45 bits per heavy atom. The second-order valence-corrected chi connectivity index (χ2v) is 8.41. The molecule has 3 aromatic rings. The van der Waals surface area contributed by atoms with Crippen LogP contribution in [0.4, 0.5) is 5.69 Å². The van der Waals surface area contributed by atoms with E-state index < -0.39 is 22.0 Å². The number of benzene rings is 1. The van der Waals surface area contributed by atoms with Gasteiger partial charge >= 0.3 is 11.9 Å². The fourth-order valence-electron chi connectivity index (χ4n) is 3.14. The van der Waals surface area contributed by atoms with Gasteiger partial charge in [-0.2, -0.15) is 4.89 Å². The zero-order valence-electron chi connectivity index (χ0n) is 18.4. The highest BCUT2D eigenvalue weighted by atomic mass is 32.2. The minimum Gasteiger partial charge on any atom is -0.495 e. The van der Waals surface area contributed by atoms with Gasteiger partial charge in [0, 0.05) is 5.56 Å². The lowest BCUT2D eigenvalue weighted by Crippen LogP contribution is -2.21. The second-order valence-electron chi connectivity index (χ2n) is 6.67. The van der Waals surface area contributed by atoms with Crippen LogP contribution < -0.4 is 14.8 Å². The molecule has 33 heavy (non-hydrogen) atoms. The Kier molecular flexibility index (Phi) is 6.84. The number of carbonyl (C=O) groups is 2. The second kappa shape index (κ2) is 9.42. The lowest BCUT2D eigenvalue weighted by molar-refractivity contribution is -0.237. The molecule has 1 aromatic carbocycles. The first-order valence-electron chi connectivity index (χ1n) is 9.69. The third kappa shape index (κ3) is 4.73. The third-order valence-electron chi connectivity index (χ3n) is 4.39. The number of carbonyl (C=O) groups excluding carboxylic acids is 2. The van der Waals surface area contributed by atoms with Crippen molar-refractivity contribution in [1.29, 1.82) is 0 Å². The molecule has 0 atom stereocenters. The minimum atomic E-state index is -3.54. The molecule has 0 aliphatic rings. The van der Waals surface area contributed by atoms with E-state index in [9.17, 15) is 18.0 Å². The van der Waals surface area contributed by atoms with E-state index in [1.807, 2.05) is 0 Å². The number of anilines is 1. The summed E-state index contributed by atoms with van der Waals surface area (Å²) in [7, 11) is -2.16. The molecule has 0 bridgehead atoms. The van der Waals surface area contributed by atoms with Gasteiger partial charge in [0.05, 0.1) is 37.6 Å². The maximum atomic E-state index is 12.6. The molecule has 0 aliphatic carbocycles. The van der Waals surface area contributed by atoms with Gasteiger partial charge < -0.3 is 9.47 Å². The van der Waals surface area contributed by atoms with E-state index in [1.165, 1.54) is 23.6 Å². The van der Waals surface area contributed by atoms with E-state index in [0.29, 0.717) is 5.56 Å². The molecular weight excluding hydrogens is 456 g/mol. The van der Waals surface area contributed by atoms with Crippen LogP contribution in [-0.2, 0) is 24.5 Å². The number of sulfonamides is 1. The highest BCUT2D eigenvalue weighted by Gasteiger charge is 2.31. The van der Waals surface area contributed by atoms with Gasteiger partial charge in [0.25, 0.3) is 0 Å². The van der Waals surface area contributed by atoms with Crippen molar-refractivity contribution in [2.45, 2.75) is 13.8 Å². The number of nitrogens with one attached hydrogen (secondary N) is 1. The summed E-state index contributed by atoms with van der Waals surface area (Å²) in [5.41, 5.74) is 0.376. The van der Waals surface area contributed by atoms with Gasteiger partial charge in [-0.05, 0) is 32.0 Å². The van der Waals surface area contributed by atoms with Gasteiger partial charge in [-0.1, -0.05) is 6.58 Å². The summed E-state index contributed by atoms with van der Waals surface area (Å²) in [4.78, 5) is 34.7. The number of esters is 1. The molecule has 0 saturated carbocycles. The SMILES string of the molecule is C=c1c(C(=O)OOCC)c(C(=O)OCC)c2nnc(-c3ccc(NS(C)(=O)=O)c(OC)c3)n12. The van der Waals surface area contributed by atoms with E-state index in [4.69, 9.17) is 19.2 Å². The van der Waals surface area contributed by atoms with Gasteiger partial charge in [-0.25, -0.2) is 18.0 Å². The Morgan fingerprint density at radius 1 is 1.12 bits per heavy atom. The van der Waals surface area contributed by atoms with Gasteiger partial charge in [-0.15, -0.1) is 10.2 Å². The van der Waals surface area contributed by atoms with E-state index in [1.54, 1.807) is 19.9 Å². The fraction of sp³-hybridized carbons (Fsp3) is 0.300. The summed E-state index contributed by atoms with van der Waals surface area (Å²) in [5, 5.41) is 8.25. The van der Waals surface area contributed by atoms with E-state index in [0.717, 1.165) is 6.26 Å². The molecule has 0 unspecified atom stereocenters. The standard InChI is InChI=1S/C20H22N4O8S/c1-6-30-19(25)16-15(20(26)32-31-7-2)11(3)24-17(21-22-18(16)24)12-8-9-13(14(10-12)29-4)23-33(5,27)28/h8-10,23H,3,6-7H2,1-2,4-5H3. The molecule has 2 aromatic heterocycles. The highest BCUT2D eigenvalue weighted by Crippen LogP contribution is 2.31. The molecule has 0 spiro atoms. The molecule has 3 rings (SSSR count). The highest BCUT2D eigenvalue weighted by molar-refractivity contribution is 7.92. The molecule has 13 heteroatoms. The largest absolute Gasteiger partial charge is 0.495 e. The number of aromatic nitrogens is 3. The van der Waals surface area contributed by atoms with Gasteiger partial charge in [0.2, 0.25) is 10.0 Å². The summed E-state index contributed by atoms with van der Waals surface area (Å²) in [5.74, 6) is -1.30. The number of hydrogen-bond donors (Lipinski definition) is 1. The fourth-order valence-corrected chi connectivity index (χ4v) is 3.71. The van der Waals surface area contributed by atoms with E-state index >= 15 is 0 Å². The number of hydrogen-bond acceptors (Lipinski definition) is 10. The third-order valence-corrected chi connectivity index (χ3v) is 4.98. The molecule has 176 valence electrons. The monoisotopic (exact) mass is 478 g/mol. The van der Waals surface area contributed by atoms with Gasteiger partial charge in [0.1, 0.15) is 16.9 Å². The molecule has 0 fully saturated rings. The summed E-state index contributed by atoms with van der Waals surface area (Å²) in [6.07, 6.45) is 1.02. The molecule has 0 saturated heterocycles. The molecule has 12 nitrogen and oxygen atoms in total. The predicted octanol–water partition coefficient (Wildman–Crippen LogP) is 1.19. The van der Waals surface area contributed by atoms with E-state index in [-0.39, 0.29) is 52.6 Å². The quantitative estimate of drug-likeness (QED) is 0.270. The molecule has 0 amide bonds. The molecule has 1 N–H and O–H groups in total. The van der Waals surface area contributed by atoms with Crippen LogP contribution >= 0.6 is 0 Å². The lowest BCUT2D eigenvalue weighted by Gasteiger charge is -2.11. The Bertz CT molecular complexity index is 1370. The van der Waals surface area contributed by atoms with Gasteiger partial charge in [0.15, 0.2) is 11.5 Å². The Morgan fingerprint density at radius 2 is 1.85 bits per heavy atom. The van der Waals surface area contributed by atoms with Gasteiger partial charge in [-0.3, -0.25) is 14.0 Å². The summed E-state index contributed by atoms with van der Waals surface area (Å²) in [6, 6.07) is 4.58. The predicted molar refractivity (Wildman–Crippen MR) is 117 cm³/mol. The van der Waals surface area contributed by atoms with Crippen LogP contribution in [0.5, 0.6) is 5.75 Å². The Balaban J connectivity index is 2.21. The van der Waals surface area contributed by atoms with Crippen molar-refractivity contribution in [2.75, 3.05) is 31.3 Å². The van der Waals surface area contributed by atoms with Crippen molar-refractivity contribution in [2.24, 2.45) is 0 Å². The van der Waals surface area contributed by atoms with Crippen molar-refractivity contribution in [3.05, 3.63) is 34.7 Å². The molecule has 2 heterocycles. The maximum absolute atomic E-state index is 12.6. The first-order valence-corrected chi connectivity index (χ1v) is 11.6. The average molecular weight is 478 g/mol. The molecular formula is C20H22N4O8S. The first-order chi connectivity index (χ1) is 15.6. The molecule has 0 radical (unpaired) electrons.